The second-order valence-electron chi connectivity index (χ2n) is 7.63. The van der Waals surface area contributed by atoms with Crippen molar-refractivity contribution in [2.75, 3.05) is 0 Å². The molecule has 3 saturated heterocycles. The van der Waals surface area contributed by atoms with Crippen molar-refractivity contribution in [1.29, 1.82) is 0 Å². The SMILES string of the molecule is CC(=O)N1C(=O)N(C(C)=O)[C@H]2[C@H]1N(C(C)=O)[C@@H]1[C@@H](N(C(C)=O)C(=O)N1C(C)=O)N2C(C)=O. The zero-order chi connectivity index (χ0) is 24.4. The Labute approximate surface area is 182 Å². The van der Waals surface area contributed by atoms with Crippen molar-refractivity contribution >= 4 is 47.5 Å². The summed E-state index contributed by atoms with van der Waals surface area (Å²) in [6, 6.07) is -2.15. The van der Waals surface area contributed by atoms with Crippen molar-refractivity contribution in [3.8, 4) is 0 Å². The van der Waals surface area contributed by atoms with Crippen molar-refractivity contribution in [3.63, 3.8) is 0 Å². The van der Waals surface area contributed by atoms with Gasteiger partial charge in [-0.1, -0.05) is 0 Å². The van der Waals surface area contributed by atoms with Crippen LogP contribution in [-0.2, 0) is 28.8 Å². The van der Waals surface area contributed by atoms with Crippen molar-refractivity contribution < 1.29 is 38.4 Å². The Balaban J connectivity index is 2.38. The highest BCUT2D eigenvalue weighted by Crippen LogP contribution is 2.42. The van der Waals surface area contributed by atoms with Gasteiger partial charge in [-0.3, -0.25) is 38.6 Å². The maximum atomic E-state index is 13.0. The molecular weight excluding hydrogens is 428 g/mol. The van der Waals surface area contributed by atoms with Gasteiger partial charge in [0.15, 0.2) is 24.7 Å². The molecule has 3 aliphatic heterocycles. The fourth-order valence-electron chi connectivity index (χ4n) is 4.63. The first kappa shape index (κ1) is 22.8. The van der Waals surface area contributed by atoms with Crippen LogP contribution in [0.3, 0.4) is 0 Å². The molecular formula is C18H22N6O8. The summed E-state index contributed by atoms with van der Waals surface area (Å²) in [4.78, 5) is 105. The number of amides is 10. The zero-order valence-corrected chi connectivity index (χ0v) is 18.3. The van der Waals surface area contributed by atoms with E-state index in [9.17, 15) is 38.4 Å². The van der Waals surface area contributed by atoms with E-state index in [0.29, 0.717) is 19.6 Å². The van der Waals surface area contributed by atoms with Gasteiger partial charge in [0.1, 0.15) is 0 Å². The van der Waals surface area contributed by atoms with Crippen LogP contribution in [0.1, 0.15) is 41.5 Å². The molecule has 3 aliphatic rings. The van der Waals surface area contributed by atoms with E-state index in [-0.39, 0.29) is 0 Å². The second-order valence-corrected chi connectivity index (χ2v) is 7.63. The summed E-state index contributed by atoms with van der Waals surface area (Å²) in [5.74, 6) is -4.83. The van der Waals surface area contributed by atoms with Crippen LogP contribution in [0, 0.1) is 0 Å². The first-order valence-corrected chi connectivity index (χ1v) is 9.60. The molecule has 32 heavy (non-hydrogen) atoms. The summed E-state index contributed by atoms with van der Waals surface area (Å²) in [5, 5.41) is 0. The molecule has 0 radical (unpaired) electrons. The minimum absolute atomic E-state index is 0.624. The number of imide groups is 4. The molecule has 3 rings (SSSR count). The molecule has 4 atom stereocenters. The van der Waals surface area contributed by atoms with E-state index >= 15 is 0 Å². The summed E-state index contributed by atoms with van der Waals surface area (Å²) in [5.41, 5.74) is 0. The zero-order valence-electron chi connectivity index (χ0n) is 18.3. The van der Waals surface area contributed by atoms with E-state index in [1.54, 1.807) is 0 Å². The second kappa shape index (κ2) is 7.39. The molecule has 3 fully saturated rings. The summed E-state index contributed by atoms with van der Waals surface area (Å²) in [6.07, 6.45) is -6.08. The van der Waals surface area contributed by atoms with Gasteiger partial charge in [0.05, 0.1) is 0 Å². The van der Waals surface area contributed by atoms with Gasteiger partial charge in [-0.05, 0) is 0 Å². The average molecular weight is 450 g/mol. The van der Waals surface area contributed by atoms with E-state index in [4.69, 9.17) is 0 Å². The molecule has 0 aromatic heterocycles. The first-order chi connectivity index (χ1) is 14.7. The summed E-state index contributed by atoms with van der Waals surface area (Å²) in [7, 11) is 0. The Morgan fingerprint density at radius 3 is 0.750 bits per heavy atom. The standard InChI is InChI=1S/C18H22N6O8/c1-7(25)19-13-15(23(11(5)29)17(31)21(13)9(3)27)20(8(2)26)16-14(19)22(10(4)28)18(32)24(16)12(6)30/h13-16H,1-6H3/t13-,14-,15-,16+/m0/s1. The quantitative estimate of drug-likeness (QED) is 0.439. The fraction of sp³-hybridized carbons (Fsp3) is 0.556. The van der Waals surface area contributed by atoms with Crippen LogP contribution in [0.15, 0.2) is 0 Å². The lowest BCUT2D eigenvalue weighted by Crippen LogP contribution is -2.76. The maximum Gasteiger partial charge on any atom is 0.337 e. The van der Waals surface area contributed by atoms with Gasteiger partial charge in [-0.15, -0.1) is 0 Å². The van der Waals surface area contributed by atoms with Gasteiger partial charge >= 0.3 is 12.1 Å². The molecule has 14 heteroatoms. The number of rotatable bonds is 0. The predicted octanol–water partition coefficient (Wildman–Crippen LogP) is -1.34. The van der Waals surface area contributed by atoms with Crippen LogP contribution in [-0.4, -0.2) is 102 Å². The molecule has 0 aromatic carbocycles. The van der Waals surface area contributed by atoms with Gasteiger partial charge in [0.2, 0.25) is 35.4 Å². The average Bonchev–Trinajstić information content (AvgIpc) is 3.09. The molecule has 0 bridgehead atoms. The number of fused-ring (bicyclic) bond motifs is 2. The van der Waals surface area contributed by atoms with Crippen LogP contribution in [0.5, 0.6) is 0 Å². The first-order valence-electron chi connectivity index (χ1n) is 9.60. The highest BCUT2D eigenvalue weighted by molar-refractivity contribution is 6.06. The fourth-order valence-corrected chi connectivity index (χ4v) is 4.63. The van der Waals surface area contributed by atoms with Gasteiger partial charge in [0.25, 0.3) is 0 Å². The Hall–Kier alpha value is -3.84. The highest BCUT2D eigenvalue weighted by atomic mass is 16.2. The van der Waals surface area contributed by atoms with E-state index in [1.807, 2.05) is 0 Å². The number of urea groups is 2. The molecule has 0 unspecified atom stereocenters. The van der Waals surface area contributed by atoms with Gasteiger partial charge in [-0.2, -0.15) is 0 Å². The number of carbonyl (C=O) groups is 8. The number of nitrogens with zero attached hydrogens (tertiary/aromatic N) is 6. The molecule has 0 spiro atoms. The van der Waals surface area contributed by atoms with Crippen LogP contribution in [0.25, 0.3) is 0 Å². The van der Waals surface area contributed by atoms with Crippen LogP contribution >= 0.6 is 0 Å². The van der Waals surface area contributed by atoms with Crippen molar-refractivity contribution in [2.24, 2.45) is 0 Å². The molecule has 0 saturated carbocycles. The molecule has 14 nitrogen and oxygen atoms in total. The summed E-state index contributed by atoms with van der Waals surface area (Å²) >= 11 is 0. The van der Waals surface area contributed by atoms with E-state index in [0.717, 1.165) is 51.3 Å². The predicted molar refractivity (Wildman–Crippen MR) is 101 cm³/mol. The van der Waals surface area contributed by atoms with Crippen LogP contribution < -0.4 is 0 Å². The molecule has 10 amide bonds. The topological polar surface area (TPSA) is 156 Å². The monoisotopic (exact) mass is 450 g/mol. The third kappa shape index (κ3) is 2.85. The van der Waals surface area contributed by atoms with Crippen molar-refractivity contribution in [2.45, 2.75) is 66.2 Å². The number of hydrogen-bond acceptors (Lipinski definition) is 8. The largest absolute Gasteiger partial charge is 0.337 e. The lowest BCUT2D eigenvalue weighted by molar-refractivity contribution is -0.187. The lowest BCUT2D eigenvalue weighted by atomic mass is 10.1. The summed E-state index contributed by atoms with van der Waals surface area (Å²) < 4.78 is 0. The van der Waals surface area contributed by atoms with Gasteiger partial charge in [0, 0.05) is 41.5 Å². The number of hydrogen-bond donors (Lipinski definition) is 0. The van der Waals surface area contributed by atoms with Gasteiger partial charge < -0.3 is 0 Å². The van der Waals surface area contributed by atoms with E-state index in [2.05, 4.69) is 0 Å². The third-order valence-electron chi connectivity index (χ3n) is 5.64. The smallest absolute Gasteiger partial charge is 0.293 e. The summed E-state index contributed by atoms with van der Waals surface area (Å²) in [6.45, 7) is 6.29. The number of carbonyl (C=O) groups excluding carboxylic acids is 8. The highest BCUT2D eigenvalue weighted by Gasteiger charge is 2.69. The Kier molecular flexibility index (Phi) is 5.27. The van der Waals surface area contributed by atoms with Gasteiger partial charge in [-0.25, -0.2) is 29.2 Å². The number of piperazine rings is 1. The van der Waals surface area contributed by atoms with E-state index in [1.165, 1.54) is 0 Å². The van der Waals surface area contributed by atoms with Crippen LogP contribution in [0.2, 0.25) is 0 Å². The lowest BCUT2D eigenvalue weighted by Gasteiger charge is -2.52. The molecule has 3 heterocycles. The molecule has 0 aromatic rings. The molecule has 172 valence electrons. The minimum Gasteiger partial charge on any atom is -0.293 e. The Morgan fingerprint density at radius 2 is 0.625 bits per heavy atom. The van der Waals surface area contributed by atoms with Crippen molar-refractivity contribution in [1.82, 2.24) is 29.4 Å². The normalized spacial score (nSPS) is 26.9. The third-order valence-corrected chi connectivity index (χ3v) is 5.64. The van der Waals surface area contributed by atoms with E-state index < -0.39 is 72.2 Å². The Morgan fingerprint density at radius 1 is 0.438 bits per heavy atom. The minimum atomic E-state index is -1.52. The molecule has 0 aliphatic carbocycles. The Bertz CT molecular complexity index is 856. The molecule has 0 N–H and O–H groups in total. The van der Waals surface area contributed by atoms with Crippen molar-refractivity contribution in [3.05, 3.63) is 0 Å². The maximum absolute atomic E-state index is 13.0. The van der Waals surface area contributed by atoms with Crippen LogP contribution in [0.4, 0.5) is 9.59 Å².